The molecule has 1 heterocycles. The van der Waals surface area contributed by atoms with Gasteiger partial charge in [-0.15, -0.1) is 0 Å². The lowest BCUT2D eigenvalue weighted by molar-refractivity contribution is 0.232. The topological polar surface area (TPSA) is 12.0 Å². The van der Waals surface area contributed by atoms with E-state index in [1.807, 2.05) is 0 Å². The second-order valence-corrected chi connectivity index (χ2v) is 5.99. The zero-order valence-electron chi connectivity index (χ0n) is 10.3. The Morgan fingerprint density at radius 2 is 2.13 bits per heavy atom. The molecule has 0 radical (unpaired) electrons. The van der Waals surface area contributed by atoms with Gasteiger partial charge in [0.25, 0.3) is 0 Å². The largest absolute Gasteiger partial charge is 0.317 e. The summed E-state index contributed by atoms with van der Waals surface area (Å²) in [7, 11) is 0. The summed E-state index contributed by atoms with van der Waals surface area (Å²) in [6, 6.07) is 2.25. The SMILES string of the molecule is CCNCC(Cc1ccsc1)C(C)(C)C. The minimum Gasteiger partial charge on any atom is -0.317 e. The molecule has 1 aromatic heterocycles. The molecule has 1 rings (SSSR count). The third kappa shape index (κ3) is 4.35. The molecule has 1 unspecified atom stereocenters. The average molecular weight is 225 g/mol. The van der Waals surface area contributed by atoms with Gasteiger partial charge in [-0.25, -0.2) is 0 Å². The van der Waals surface area contributed by atoms with Gasteiger partial charge in [-0.3, -0.25) is 0 Å². The smallest absolute Gasteiger partial charge is 0.00124 e. The second kappa shape index (κ2) is 5.66. The Morgan fingerprint density at radius 3 is 2.60 bits per heavy atom. The van der Waals surface area contributed by atoms with Crippen LogP contribution in [0, 0.1) is 11.3 Å². The highest BCUT2D eigenvalue weighted by Crippen LogP contribution is 2.29. The summed E-state index contributed by atoms with van der Waals surface area (Å²) in [4.78, 5) is 0. The highest BCUT2D eigenvalue weighted by atomic mass is 32.1. The molecule has 0 fully saturated rings. The van der Waals surface area contributed by atoms with Gasteiger partial charge in [-0.2, -0.15) is 11.3 Å². The zero-order chi connectivity index (χ0) is 11.3. The molecule has 1 nitrogen and oxygen atoms in total. The van der Waals surface area contributed by atoms with Crippen molar-refractivity contribution in [3.05, 3.63) is 22.4 Å². The van der Waals surface area contributed by atoms with E-state index in [9.17, 15) is 0 Å². The fourth-order valence-corrected chi connectivity index (χ4v) is 2.38. The van der Waals surface area contributed by atoms with Crippen LogP contribution < -0.4 is 5.32 Å². The van der Waals surface area contributed by atoms with Crippen molar-refractivity contribution in [1.29, 1.82) is 0 Å². The predicted octanol–water partition coefficient (Wildman–Crippen LogP) is 3.56. The van der Waals surface area contributed by atoms with Crippen molar-refractivity contribution < 1.29 is 0 Å². The zero-order valence-corrected chi connectivity index (χ0v) is 11.2. The monoisotopic (exact) mass is 225 g/mol. The van der Waals surface area contributed by atoms with Gasteiger partial charge in [0, 0.05) is 0 Å². The molecular formula is C13H23NS. The summed E-state index contributed by atoms with van der Waals surface area (Å²) >= 11 is 1.80. The van der Waals surface area contributed by atoms with Crippen LogP contribution in [0.2, 0.25) is 0 Å². The van der Waals surface area contributed by atoms with Crippen molar-refractivity contribution in [2.24, 2.45) is 11.3 Å². The minimum atomic E-state index is 0.379. The summed E-state index contributed by atoms with van der Waals surface area (Å²) in [6.45, 7) is 11.4. The van der Waals surface area contributed by atoms with Crippen LogP contribution in [0.25, 0.3) is 0 Å². The third-order valence-electron chi connectivity index (χ3n) is 2.93. The van der Waals surface area contributed by atoms with E-state index in [0.29, 0.717) is 11.3 Å². The summed E-state index contributed by atoms with van der Waals surface area (Å²) in [5, 5.41) is 7.91. The van der Waals surface area contributed by atoms with Crippen LogP contribution >= 0.6 is 11.3 Å². The first-order valence-electron chi connectivity index (χ1n) is 5.76. The molecule has 0 aliphatic rings. The van der Waals surface area contributed by atoms with E-state index >= 15 is 0 Å². The van der Waals surface area contributed by atoms with Crippen LogP contribution in [0.1, 0.15) is 33.3 Å². The lowest BCUT2D eigenvalue weighted by atomic mass is 9.77. The van der Waals surface area contributed by atoms with Gasteiger partial charge in [0.1, 0.15) is 0 Å². The number of thiophene rings is 1. The Hall–Kier alpha value is -0.340. The first-order valence-corrected chi connectivity index (χ1v) is 6.70. The Labute approximate surface area is 97.9 Å². The van der Waals surface area contributed by atoms with Gasteiger partial charge in [-0.1, -0.05) is 27.7 Å². The highest BCUT2D eigenvalue weighted by Gasteiger charge is 2.24. The number of rotatable bonds is 5. The van der Waals surface area contributed by atoms with E-state index in [1.165, 1.54) is 12.0 Å². The fourth-order valence-electron chi connectivity index (χ4n) is 1.70. The Bertz CT molecular complexity index is 259. The third-order valence-corrected chi connectivity index (χ3v) is 3.66. The molecule has 0 amide bonds. The van der Waals surface area contributed by atoms with Gasteiger partial charge in [-0.05, 0) is 53.2 Å². The molecule has 1 N–H and O–H groups in total. The lowest BCUT2D eigenvalue weighted by Crippen LogP contribution is -2.33. The quantitative estimate of drug-likeness (QED) is 0.808. The van der Waals surface area contributed by atoms with Gasteiger partial charge in [0.05, 0.1) is 0 Å². The summed E-state index contributed by atoms with van der Waals surface area (Å²) in [6.07, 6.45) is 1.19. The molecule has 0 aliphatic carbocycles. The molecule has 2 heteroatoms. The normalized spacial score (nSPS) is 14.1. The average Bonchev–Trinajstić information content (AvgIpc) is 2.62. The maximum Gasteiger partial charge on any atom is -0.00124 e. The number of hydrogen-bond donors (Lipinski definition) is 1. The molecule has 0 saturated heterocycles. The van der Waals surface area contributed by atoms with Crippen LogP contribution in [0.4, 0.5) is 0 Å². The van der Waals surface area contributed by atoms with Crippen molar-refractivity contribution in [3.63, 3.8) is 0 Å². The van der Waals surface area contributed by atoms with Crippen LogP contribution in [-0.2, 0) is 6.42 Å². The van der Waals surface area contributed by atoms with E-state index < -0.39 is 0 Å². The van der Waals surface area contributed by atoms with E-state index in [4.69, 9.17) is 0 Å². The van der Waals surface area contributed by atoms with Gasteiger partial charge >= 0.3 is 0 Å². The van der Waals surface area contributed by atoms with Crippen molar-refractivity contribution in [3.8, 4) is 0 Å². The van der Waals surface area contributed by atoms with Crippen molar-refractivity contribution in [2.75, 3.05) is 13.1 Å². The minimum absolute atomic E-state index is 0.379. The molecule has 0 spiro atoms. The summed E-state index contributed by atoms with van der Waals surface area (Å²) in [5.41, 5.74) is 1.86. The number of nitrogens with one attached hydrogen (secondary N) is 1. The molecule has 0 saturated carbocycles. The van der Waals surface area contributed by atoms with E-state index in [-0.39, 0.29) is 0 Å². The molecule has 1 atom stereocenters. The van der Waals surface area contributed by atoms with E-state index in [2.05, 4.69) is 49.8 Å². The standard InChI is InChI=1S/C13H23NS/c1-5-14-9-12(13(2,3)4)8-11-6-7-15-10-11/h6-7,10,12,14H,5,8-9H2,1-4H3. The first kappa shape index (κ1) is 12.7. The van der Waals surface area contributed by atoms with Crippen LogP contribution in [0.15, 0.2) is 16.8 Å². The van der Waals surface area contributed by atoms with Gasteiger partial charge < -0.3 is 5.32 Å². The Kier molecular flexibility index (Phi) is 4.81. The number of hydrogen-bond acceptors (Lipinski definition) is 2. The van der Waals surface area contributed by atoms with E-state index in [1.54, 1.807) is 11.3 Å². The summed E-state index contributed by atoms with van der Waals surface area (Å²) < 4.78 is 0. The van der Waals surface area contributed by atoms with Crippen LogP contribution in [0.3, 0.4) is 0 Å². The fraction of sp³-hybridized carbons (Fsp3) is 0.692. The molecule has 0 bridgehead atoms. The van der Waals surface area contributed by atoms with Crippen molar-refractivity contribution in [2.45, 2.75) is 34.1 Å². The van der Waals surface area contributed by atoms with Crippen LogP contribution in [-0.4, -0.2) is 13.1 Å². The molecule has 0 aliphatic heterocycles. The summed E-state index contributed by atoms with van der Waals surface area (Å²) in [5.74, 6) is 0.715. The molecular weight excluding hydrogens is 202 g/mol. The molecule has 1 aromatic rings. The van der Waals surface area contributed by atoms with Crippen molar-refractivity contribution in [1.82, 2.24) is 5.32 Å². The van der Waals surface area contributed by atoms with Gasteiger partial charge in [0.15, 0.2) is 0 Å². The Balaban J connectivity index is 2.57. The predicted molar refractivity (Wildman–Crippen MR) is 69.5 cm³/mol. The molecule has 86 valence electrons. The first-order chi connectivity index (χ1) is 7.04. The maximum absolute atomic E-state index is 3.47. The van der Waals surface area contributed by atoms with E-state index in [0.717, 1.165) is 13.1 Å². The molecule has 0 aromatic carbocycles. The maximum atomic E-state index is 3.47. The highest BCUT2D eigenvalue weighted by molar-refractivity contribution is 7.07. The molecule has 15 heavy (non-hydrogen) atoms. The lowest BCUT2D eigenvalue weighted by Gasteiger charge is -2.30. The van der Waals surface area contributed by atoms with Gasteiger partial charge in [0.2, 0.25) is 0 Å². The van der Waals surface area contributed by atoms with Crippen molar-refractivity contribution >= 4 is 11.3 Å². The second-order valence-electron chi connectivity index (χ2n) is 5.21. The Morgan fingerprint density at radius 1 is 1.40 bits per heavy atom. The van der Waals surface area contributed by atoms with Crippen LogP contribution in [0.5, 0.6) is 0 Å².